The van der Waals surface area contributed by atoms with Crippen LogP contribution in [0.1, 0.15) is 47.2 Å². The third kappa shape index (κ3) is 5.38. The lowest BCUT2D eigenvalue weighted by molar-refractivity contribution is -0.118. The van der Waals surface area contributed by atoms with Crippen LogP contribution in [0.5, 0.6) is 0 Å². The summed E-state index contributed by atoms with van der Waals surface area (Å²) in [6, 6.07) is 19.8. The Balaban J connectivity index is 1.43. The predicted octanol–water partition coefficient (Wildman–Crippen LogP) is 5.79. The minimum atomic E-state index is -1.17. The van der Waals surface area contributed by atoms with E-state index in [0.29, 0.717) is 17.3 Å². The molecule has 0 heterocycles. The number of carboxylic acids is 1. The second-order valence-electron chi connectivity index (χ2n) is 8.30. The van der Waals surface area contributed by atoms with Crippen molar-refractivity contribution in [3.8, 4) is 11.1 Å². The predicted molar refractivity (Wildman–Crippen MR) is 137 cm³/mol. The highest BCUT2D eigenvalue weighted by atomic mass is 79.9. The van der Waals surface area contributed by atoms with E-state index in [0.717, 1.165) is 22.3 Å². The zero-order chi connectivity index (χ0) is 24.9. The lowest BCUT2D eigenvalue weighted by atomic mass is 9.98. The van der Waals surface area contributed by atoms with Gasteiger partial charge in [-0.15, -0.1) is 0 Å². The number of carbonyl (C=O) groups is 3. The SMILES string of the molecule is CCC[C@@H](NC(=O)OCC1c2ccccc2-c2ccccc21)C(=O)Nc1ccc(Br)cc1C(=O)O. The first kappa shape index (κ1) is 24.5. The highest BCUT2D eigenvalue weighted by Gasteiger charge is 2.30. The first-order valence-electron chi connectivity index (χ1n) is 11.3. The number of benzene rings is 3. The Morgan fingerprint density at radius 1 is 1.00 bits per heavy atom. The molecule has 0 saturated heterocycles. The summed E-state index contributed by atoms with van der Waals surface area (Å²) in [6.07, 6.45) is 0.303. The van der Waals surface area contributed by atoms with Crippen molar-refractivity contribution in [2.75, 3.05) is 11.9 Å². The summed E-state index contributed by atoms with van der Waals surface area (Å²) in [5.74, 6) is -1.77. The normalized spacial score (nSPS) is 12.9. The van der Waals surface area contributed by atoms with Gasteiger partial charge in [-0.3, -0.25) is 4.79 Å². The van der Waals surface area contributed by atoms with Crippen LogP contribution in [0, 0.1) is 0 Å². The van der Waals surface area contributed by atoms with Gasteiger partial charge in [0.15, 0.2) is 0 Å². The number of nitrogens with one attached hydrogen (secondary N) is 2. The fourth-order valence-electron chi connectivity index (χ4n) is 4.36. The van der Waals surface area contributed by atoms with Crippen LogP contribution in [0.15, 0.2) is 71.2 Å². The van der Waals surface area contributed by atoms with Gasteiger partial charge in [-0.05, 0) is 46.9 Å². The van der Waals surface area contributed by atoms with Crippen molar-refractivity contribution in [3.05, 3.63) is 87.9 Å². The fourth-order valence-corrected chi connectivity index (χ4v) is 4.72. The van der Waals surface area contributed by atoms with Crippen molar-refractivity contribution in [1.29, 1.82) is 0 Å². The molecule has 35 heavy (non-hydrogen) atoms. The molecule has 0 radical (unpaired) electrons. The lowest BCUT2D eigenvalue weighted by Gasteiger charge is -2.20. The van der Waals surface area contributed by atoms with Gasteiger partial charge in [0.05, 0.1) is 11.3 Å². The van der Waals surface area contributed by atoms with Crippen LogP contribution in [-0.4, -0.2) is 35.7 Å². The summed E-state index contributed by atoms with van der Waals surface area (Å²) in [6.45, 7) is 2.03. The maximum Gasteiger partial charge on any atom is 0.407 e. The molecule has 1 aliphatic rings. The van der Waals surface area contributed by atoms with Crippen molar-refractivity contribution in [3.63, 3.8) is 0 Å². The molecule has 0 aromatic heterocycles. The monoisotopic (exact) mass is 536 g/mol. The van der Waals surface area contributed by atoms with E-state index in [2.05, 4.69) is 38.7 Å². The maximum atomic E-state index is 12.9. The van der Waals surface area contributed by atoms with Crippen molar-refractivity contribution in [1.82, 2.24) is 5.32 Å². The van der Waals surface area contributed by atoms with Crippen LogP contribution < -0.4 is 10.6 Å². The number of hydrogen-bond acceptors (Lipinski definition) is 4. The van der Waals surface area contributed by atoms with Crippen molar-refractivity contribution in [2.24, 2.45) is 0 Å². The van der Waals surface area contributed by atoms with E-state index in [9.17, 15) is 19.5 Å². The van der Waals surface area contributed by atoms with Gasteiger partial charge >= 0.3 is 12.1 Å². The molecule has 2 amide bonds. The first-order valence-corrected chi connectivity index (χ1v) is 12.1. The summed E-state index contributed by atoms with van der Waals surface area (Å²) < 4.78 is 6.14. The molecule has 3 N–H and O–H groups in total. The van der Waals surface area contributed by atoms with E-state index < -0.39 is 24.0 Å². The number of ether oxygens (including phenoxy) is 1. The summed E-state index contributed by atoms with van der Waals surface area (Å²) in [7, 11) is 0. The average molecular weight is 537 g/mol. The van der Waals surface area contributed by atoms with E-state index in [4.69, 9.17) is 4.74 Å². The Morgan fingerprint density at radius 3 is 2.23 bits per heavy atom. The zero-order valence-corrected chi connectivity index (χ0v) is 20.7. The molecular formula is C27H25BrN2O5. The number of amides is 2. The number of aromatic carboxylic acids is 1. The minimum absolute atomic E-state index is 0.0517. The van der Waals surface area contributed by atoms with E-state index in [1.807, 2.05) is 43.3 Å². The van der Waals surface area contributed by atoms with Crippen LogP contribution in [0.25, 0.3) is 11.1 Å². The Hall–Kier alpha value is -3.65. The van der Waals surface area contributed by atoms with Gasteiger partial charge in [-0.2, -0.15) is 0 Å². The van der Waals surface area contributed by atoms with Gasteiger partial charge in [0.25, 0.3) is 0 Å². The van der Waals surface area contributed by atoms with Gasteiger partial charge in [-0.25, -0.2) is 9.59 Å². The second-order valence-corrected chi connectivity index (χ2v) is 9.21. The van der Waals surface area contributed by atoms with Gasteiger partial charge in [-0.1, -0.05) is 77.8 Å². The molecular weight excluding hydrogens is 512 g/mol. The minimum Gasteiger partial charge on any atom is -0.478 e. The van der Waals surface area contributed by atoms with Gasteiger partial charge in [0.1, 0.15) is 12.6 Å². The number of anilines is 1. The van der Waals surface area contributed by atoms with Gasteiger partial charge in [0, 0.05) is 10.4 Å². The Labute approximate surface area is 211 Å². The molecule has 1 aliphatic carbocycles. The van der Waals surface area contributed by atoms with Crippen LogP contribution in [0.4, 0.5) is 10.5 Å². The summed E-state index contributed by atoms with van der Waals surface area (Å²) in [5, 5.41) is 14.7. The molecule has 3 aromatic rings. The van der Waals surface area contributed by atoms with Crippen LogP contribution in [0.2, 0.25) is 0 Å². The summed E-state index contributed by atoms with van der Waals surface area (Å²) >= 11 is 3.23. The summed E-state index contributed by atoms with van der Waals surface area (Å²) in [5.41, 5.74) is 4.56. The molecule has 0 unspecified atom stereocenters. The molecule has 1 atom stereocenters. The third-order valence-electron chi connectivity index (χ3n) is 6.00. The molecule has 0 fully saturated rings. The maximum absolute atomic E-state index is 12.9. The summed E-state index contributed by atoms with van der Waals surface area (Å²) in [4.78, 5) is 37.1. The zero-order valence-electron chi connectivity index (χ0n) is 19.1. The topological polar surface area (TPSA) is 105 Å². The Kier molecular flexibility index (Phi) is 7.51. The Bertz CT molecular complexity index is 1230. The molecule has 0 aliphatic heterocycles. The van der Waals surface area contributed by atoms with Gasteiger partial charge in [0.2, 0.25) is 5.91 Å². The molecule has 0 spiro atoms. The molecule has 180 valence electrons. The number of alkyl carbamates (subject to hydrolysis) is 1. The molecule has 0 saturated carbocycles. The standard InChI is InChI=1S/C27H25BrN2O5/c1-2-7-24(25(31)29-23-13-12-16(28)14-21(23)26(32)33)30-27(34)35-15-22-19-10-5-3-8-17(19)18-9-4-6-11-20(18)22/h3-6,8-14,22,24H,2,7,15H2,1H3,(H,29,31)(H,30,34)(H,32,33)/t24-/m1/s1. The van der Waals surface area contributed by atoms with E-state index >= 15 is 0 Å². The highest BCUT2D eigenvalue weighted by Crippen LogP contribution is 2.44. The van der Waals surface area contributed by atoms with Crippen LogP contribution in [0.3, 0.4) is 0 Å². The number of hydrogen-bond donors (Lipinski definition) is 3. The van der Waals surface area contributed by atoms with Crippen molar-refractivity contribution >= 4 is 39.6 Å². The average Bonchev–Trinajstić information content (AvgIpc) is 3.17. The number of halogens is 1. The second kappa shape index (κ2) is 10.7. The molecule has 0 bridgehead atoms. The van der Waals surface area contributed by atoms with Crippen LogP contribution >= 0.6 is 15.9 Å². The molecule has 7 nitrogen and oxygen atoms in total. The molecule has 3 aromatic carbocycles. The smallest absolute Gasteiger partial charge is 0.407 e. The van der Waals surface area contributed by atoms with E-state index in [1.54, 1.807) is 6.07 Å². The van der Waals surface area contributed by atoms with Crippen molar-refractivity contribution in [2.45, 2.75) is 31.7 Å². The van der Waals surface area contributed by atoms with Crippen molar-refractivity contribution < 1.29 is 24.2 Å². The quantitative estimate of drug-likeness (QED) is 0.337. The number of rotatable bonds is 8. The lowest BCUT2D eigenvalue weighted by Crippen LogP contribution is -2.44. The molecule has 4 rings (SSSR count). The van der Waals surface area contributed by atoms with E-state index in [1.165, 1.54) is 12.1 Å². The van der Waals surface area contributed by atoms with E-state index in [-0.39, 0.29) is 23.8 Å². The van der Waals surface area contributed by atoms with Gasteiger partial charge < -0.3 is 20.5 Å². The number of carboxylic acid groups (broad SMARTS) is 1. The number of fused-ring (bicyclic) bond motifs is 3. The Morgan fingerprint density at radius 2 is 1.63 bits per heavy atom. The largest absolute Gasteiger partial charge is 0.478 e. The highest BCUT2D eigenvalue weighted by molar-refractivity contribution is 9.10. The fraction of sp³-hybridized carbons (Fsp3) is 0.222. The first-order chi connectivity index (χ1) is 16.9. The number of carbonyl (C=O) groups excluding carboxylic acids is 2. The molecule has 8 heteroatoms. The van der Waals surface area contributed by atoms with Crippen LogP contribution in [-0.2, 0) is 9.53 Å². The third-order valence-corrected chi connectivity index (χ3v) is 6.49.